The van der Waals surface area contributed by atoms with E-state index in [1.807, 2.05) is 57.1 Å². The van der Waals surface area contributed by atoms with Crippen LogP contribution in [0.3, 0.4) is 0 Å². The zero-order valence-corrected chi connectivity index (χ0v) is 19.0. The summed E-state index contributed by atoms with van der Waals surface area (Å²) in [6.07, 6.45) is 0. The fraction of sp³-hybridized carbons (Fsp3) is 0.333. The number of nitrogens with zero attached hydrogens (tertiary/aromatic N) is 2. The molecule has 6 heteroatoms. The van der Waals surface area contributed by atoms with Crippen LogP contribution in [0, 0.1) is 6.92 Å². The van der Waals surface area contributed by atoms with Gasteiger partial charge in [0, 0.05) is 31.2 Å². The predicted octanol–water partition coefficient (Wildman–Crippen LogP) is 4.83. The Kier molecular flexibility index (Phi) is 7.21. The Morgan fingerprint density at radius 3 is 2.53 bits per heavy atom. The molecule has 1 aliphatic rings. The number of hydrogen-bond acceptors (Lipinski definition) is 6. The molecule has 5 nitrogen and oxygen atoms in total. The largest absolute Gasteiger partial charge is 0.463 e. The second kappa shape index (κ2) is 9.85. The van der Waals surface area contributed by atoms with Crippen LogP contribution in [0.15, 0.2) is 64.8 Å². The van der Waals surface area contributed by atoms with Gasteiger partial charge in [-0.3, -0.25) is 0 Å². The van der Waals surface area contributed by atoms with Gasteiger partial charge in [-0.05, 0) is 44.0 Å². The zero-order valence-electron chi connectivity index (χ0n) is 18.2. The molecule has 30 heavy (non-hydrogen) atoms. The molecule has 1 atom stereocenters. The fourth-order valence-electron chi connectivity index (χ4n) is 3.34. The van der Waals surface area contributed by atoms with E-state index < -0.39 is 0 Å². The molecule has 0 fully saturated rings. The van der Waals surface area contributed by atoms with Crippen molar-refractivity contribution in [3.8, 4) is 0 Å². The first kappa shape index (κ1) is 22.0. The smallest absolute Gasteiger partial charge is 0.338 e. The van der Waals surface area contributed by atoms with Gasteiger partial charge in [0.1, 0.15) is 6.04 Å². The van der Waals surface area contributed by atoms with Crippen molar-refractivity contribution >= 4 is 28.6 Å². The van der Waals surface area contributed by atoms with Crippen LogP contribution in [0.5, 0.6) is 0 Å². The highest BCUT2D eigenvalue weighted by atomic mass is 32.2. The maximum Gasteiger partial charge on any atom is 0.338 e. The van der Waals surface area contributed by atoms with Crippen molar-refractivity contribution in [2.24, 2.45) is 4.99 Å². The highest BCUT2D eigenvalue weighted by Gasteiger charge is 2.30. The zero-order chi connectivity index (χ0) is 21.7. The summed E-state index contributed by atoms with van der Waals surface area (Å²) in [5.41, 5.74) is 5.91. The van der Waals surface area contributed by atoms with Gasteiger partial charge in [0.25, 0.3) is 0 Å². The molecule has 3 rings (SSSR count). The van der Waals surface area contributed by atoms with Gasteiger partial charge >= 0.3 is 5.97 Å². The molecule has 0 saturated heterocycles. The van der Waals surface area contributed by atoms with E-state index in [-0.39, 0.29) is 12.0 Å². The standard InChI is InChI=1S/C24H29N3O2S/c1-6-29-23(28)21-17(3)25-24(30-15-18-9-7-8-16(2)14-18)26-22(21)19-10-12-20(13-11-19)27(4)5/h7-14,22H,6,15H2,1-5H3,(H,25,26)/t22-/m1/s1. The Morgan fingerprint density at radius 2 is 1.90 bits per heavy atom. The molecule has 2 aromatic rings. The molecule has 1 N–H and O–H groups in total. The average molecular weight is 424 g/mol. The lowest BCUT2D eigenvalue weighted by Gasteiger charge is -2.26. The van der Waals surface area contributed by atoms with Crippen molar-refractivity contribution in [2.75, 3.05) is 25.6 Å². The van der Waals surface area contributed by atoms with Gasteiger partial charge in [-0.2, -0.15) is 0 Å². The van der Waals surface area contributed by atoms with E-state index in [4.69, 9.17) is 9.73 Å². The monoisotopic (exact) mass is 423 g/mol. The number of aliphatic imine (C=N–C) groups is 1. The van der Waals surface area contributed by atoms with E-state index in [9.17, 15) is 4.79 Å². The van der Waals surface area contributed by atoms with E-state index in [0.717, 1.165) is 27.9 Å². The van der Waals surface area contributed by atoms with Gasteiger partial charge in [0.05, 0.1) is 12.2 Å². The predicted molar refractivity (Wildman–Crippen MR) is 126 cm³/mol. The number of esters is 1. The number of nitrogens with one attached hydrogen (secondary N) is 1. The van der Waals surface area contributed by atoms with E-state index in [1.54, 1.807) is 11.8 Å². The number of benzene rings is 2. The average Bonchev–Trinajstić information content (AvgIpc) is 2.72. The number of thioether (sulfide) groups is 1. The van der Waals surface area contributed by atoms with Crippen LogP contribution in [0.25, 0.3) is 0 Å². The highest BCUT2D eigenvalue weighted by molar-refractivity contribution is 8.13. The number of ether oxygens (including phenoxy) is 1. The second-order valence-corrected chi connectivity index (χ2v) is 8.45. The van der Waals surface area contributed by atoms with E-state index in [1.165, 1.54) is 11.1 Å². The SMILES string of the molecule is CCOC(=O)C1=C(C)NC(SCc2cccc(C)c2)=N[C@@H]1c1ccc(N(C)C)cc1. The van der Waals surface area contributed by atoms with Gasteiger partial charge in [0.15, 0.2) is 5.17 Å². The number of aryl methyl sites for hydroxylation is 1. The van der Waals surface area contributed by atoms with Gasteiger partial charge in [-0.1, -0.05) is 53.7 Å². The number of rotatable bonds is 6. The summed E-state index contributed by atoms with van der Waals surface area (Å²) in [5, 5.41) is 4.11. The third-order valence-electron chi connectivity index (χ3n) is 4.90. The van der Waals surface area contributed by atoms with Crippen molar-refractivity contribution in [3.63, 3.8) is 0 Å². The minimum Gasteiger partial charge on any atom is -0.463 e. The molecule has 0 amide bonds. The number of allylic oxidation sites excluding steroid dienone is 1. The maximum atomic E-state index is 12.7. The second-order valence-electron chi connectivity index (χ2n) is 7.48. The first-order valence-corrected chi connectivity index (χ1v) is 11.1. The minimum absolute atomic E-state index is 0.323. The number of hydrogen-bond donors (Lipinski definition) is 1. The summed E-state index contributed by atoms with van der Waals surface area (Å²) < 4.78 is 5.32. The van der Waals surface area contributed by atoms with Gasteiger partial charge < -0.3 is 15.0 Å². The summed E-state index contributed by atoms with van der Waals surface area (Å²) in [6, 6.07) is 16.2. The summed E-state index contributed by atoms with van der Waals surface area (Å²) >= 11 is 1.64. The molecule has 0 unspecified atom stereocenters. The van der Waals surface area contributed by atoms with Crippen LogP contribution >= 0.6 is 11.8 Å². The first-order chi connectivity index (χ1) is 14.4. The van der Waals surface area contributed by atoms with Crippen molar-refractivity contribution in [3.05, 3.63) is 76.5 Å². The van der Waals surface area contributed by atoms with Crippen molar-refractivity contribution in [1.82, 2.24) is 5.32 Å². The molecule has 0 aliphatic carbocycles. The Balaban J connectivity index is 1.89. The van der Waals surface area contributed by atoms with Gasteiger partial charge in [-0.15, -0.1) is 0 Å². The molecule has 2 aromatic carbocycles. The Hall–Kier alpha value is -2.73. The normalized spacial score (nSPS) is 16.0. The molecule has 1 heterocycles. The summed E-state index contributed by atoms with van der Waals surface area (Å²) in [7, 11) is 4.01. The molecule has 0 spiro atoms. The summed E-state index contributed by atoms with van der Waals surface area (Å²) in [5.74, 6) is 0.484. The van der Waals surface area contributed by atoms with Crippen molar-refractivity contribution in [1.29, 1.82) is 0 Å². The lowest BCUT2D eigenvalue weighted by molar-refractivity contribution is -0.138. The number of carbonyl (C=O) groups excluding carboxylic acids is 1. The van der Waals surface area contributed by atoms with Gasteiger partial charge in [-0.25, -0.2) is 9.79 Å². The Bertz CT molecular complexity index is 965. The van der Waals surface area contributed by atoms with Crippen molar-refractivity contribution in [2.45, 2.75) is 32.6 Å². The topological polar surface area (TPSA) is 53.9 Å². The van der Waals surface area contributed by atoms with Crippen LogP contribution in [0.4, 0.5) is 5.69 Å². The molecule has 0 saturated carbocycles. The lowest BCUT2D eigenvalue weighted by Crippen LogP contribution is -2.30. The molecular weight excluding hydrogens is 394 g/mol. The van der Waals surface area contributed by atoms with Crippen molar-refractivity contribution < 1.29 is 9.53 Å². The van der Waals surface area contributed by atoms with Crippen LogP contribution < -0.4 is 10.2 Å². The molecule has 158 valence electrons. The van der Waals surface area contributed by atoms with Crippen LogP contribution in [-0.2, 0) is 15.3 Å². The highest BCUT2D eigenvalue weighted by Crippen LogP contribution is 2.34. The third-order valence-corrected chi connectivity index (χ3v) is 5.86. The Labute approximate surface area is 183 Å². The van der Waals surface area contributed by atoms with E-state index in [2.05, 4.69) is 36.5 Å². The van der Waals surface area contributed by atoms with Crippen LogP contribution in [0.1, 0.15) is 36.6 Å². The number of amidine groups is 1. The maximum absolute atomic E-state index is 12.7. The summed E-state index contributed by atoms with van der Waals surface area (Å²) in [4.78, 5) is 19.6. The van der Waals surface area contributed by atoms with Crippen LogP contribution in [-0.4, -0.2) is 31.8 Å². The Morgan fingerprint density at radius 1 is 1.17 bits per heavy atom. The van der Waals surface area contributed by atoms with Gasteiger partial charge in [0.2, 0.25) is 0 Å². The first-order valence-electron chi connectivity index (χ1n) is 10.1. The minimum atomic E-state index is -0.387. The number of anilines is 1. The molecular formula is C24H29N3O2S. The quantitative estimate of drug-likeness (QED) is 0.675. The number of carbonyl (C=O) groups is 1. The molecule has 0 bridgehead atoms. The molecule has 0 radical (unpaired) electrons. The van der Waals surface area contributed by atoms with E-state index >= 15 is 0 Å². The molecule has 0 aromatic heterocycles. The summed E-state index contributed by atoms with van der Waals surface area (Å²) in [6.45, 7) is 6.16. The van der Waals surface area contributed by atoms with Crippen LogP contribution in [0.2, 0.25) is 0 Å². The lowest BCUT2D eigenvalue weighted by atomic mass is 9.96. The third kappa shape index (κ3) is 5.25. The fourth-order valence-corrected chi connectivity index (χ4v) is 4.23. The van der Waals surface area contributed by atoms with E-state index in [0.29, 0.717) is 12.2 Å². The molecule has 1 aliphatic heterocycles.